The van der Waals surface area contributed by atoms with Crippen LogP contribution in [0.25, 0.3) is 0 Å². The maximum absolute atomic E-state index is 3.28. The van der Waals surface area contributed by atoms with E-state index in [0.29, 0.717) is 0 Å². The molecular formula is C15H16N. The summed E-state index contributed by atoms with van der Waals surface area (Å²) in [7, 11) is 2.10. The lowest BCUT2D eigenvalue weighted by Gasteiger charge is -2.21. The van der Waals surface area contributed by atoms with E-state index in [1.54, 1.807) is 0 Å². The molecule has 2 aromatic rings. The second-order valence-corrected chi connectivity index (χ2v) is 4.04. The molecule has 0 heterocycles. The molecule has 0 atom stereocenters. The van der Waals surface area contributed by atoms with Gasteiger partial charge in [0.2, 0.25) is 0 Å². The summed E-state index contributed by atoms with van der Waals surface area (Å²) in [4.78, 5) is 2.23. The Balaban J connectivity index is 2.15. The number of para-hydroxylation sites is 1. The SMILES string of the molecule is Cc1ccc[c]c1N(C)Cc1ccccc1. The minimum atomic E-state index is 0.919. The van der Waals surface area contributed by atoms with E-state index in [0.717, 1.165) is 6.54 Å². The molecule has 0 aromatic heterocycles. The van der Waals surface area contributed by atoms with Crippen LogP contribution in [0.5, 0.6) is 0 Å². The summed E-state index contributed by atoms with van der Waals surface area (Å²) in [6.07, 6.45) is 0. The van der Waals surface area contributed by atoms with Gasteiger partial charge in [0.15, 0.2) is 0 Å². The van der Waals surface area contributed by atoms with Crippen LogP contribution in [0.3, 0.4) is 0 Å². The summed E-state index contributed by atoms with van der Waals surface area (Å²) in [5.74, 6) is 0. The topological polar surface area (TPSA) is 3.24 Å². The van der Waals surface area contributed by atoms with Crippen molar-refractivity contribution >= 4 is 5.69 Å². The number of hydrogen-bond acceptors (Lipinski definition) is 1. The third-order valence-electron chi connectivity index (χ3n) is 2.68. The summed E-state index contributed by atoms with van der Waals surface area (Å²) in [5.41, 5.74) is 3.76. The monoisotopic (exact) mass is 210 g/mol. The Morgan fingerprint density at radius 1 is 1.06 bits per heavy atom. The standard InChI is InChI=1S/C15H16N/c1-13-8-6-7-11-15(13)16(2)12-14-9-4-3-5-10-14/h3-10H,12H2,1-2H3. The molecule has 0 aliphatic rings. The largest absolute Gasteiger partial charge is 0.370 e. The minimum Gasteiger partial charge on any atom is -0.370 e. The highest BCUT2D eigenvalue weighted by Gasteiger charge is 2.04. The van der Waals surface area contributed by atoms with Gasteiger partial charge >= 0.3 is 0 Å². The first-order chi connectivity index (χ1) is 7.77. The Morgan fingerprint density at radius 3 is 2.50 bits per heavy atom. The predicted molar refractivity (Wildman–Crippen MR) is 68.6 cm³/mol. The highest BCUT2D eigenvalue weighted by atomic mass is 15.1. The van der Waals surface area contributed by atoms with E-state index in [9.17, 15) is 0 Å². The summed E-state index contributed by atoms with van der Waals surface area (Å²) in [6.45, 7) is 3.04. The quantitative estimate of drug-likeness (QED) is 0.750. The molecule has 2 aromatic carbocycles. The van der Waals surface area contributed by atoms with Gasteiger partial charge < -0.3 is 4.90 Å². The number of nitrogens with zero attached hydrogens (tertiary/aromatic N) is 1. The molecule has 0 saturated carbocycles. The molecule has 81 valence electrons. The molecule has 0 N–H and O–H groups in total. The van der Waals surface area contributed by atoms with E-state index in [1.165, 1.54) is 16.8 Å². The van der Waals surface area contributed by atoms with Gasteiger partial charge in [0.25, 0.3) is 0 Å². The van der Waals surface area contributed by atoms with Crippen molar-refractivity contribution in [3.8, 4) is 0 Å². The van der Waals surface area contributed by atoms with E-state index in [-0.39, 0.29) is 0 Å². The molecule has 0 saturated heterocycles. The molecule has 0 aliphatic heterocycles. The Labute approximate surface area is 97.3 Å². The highest BCUT2D eigenvalue weighted by Crippen LogP contribution is 2.18. The van der Waals surface area contributed by atoms with Crippen LogP contribution in [-0.4, -0.2) is 7.05 Å². The predicted octanol–water partition coefficient (Wildman–Crippen LogP) is 3.43. The van der Waals surface area contributed by atoms with Crippen molar-refractivity contribution in [1.29, 1.82) is 0 Å². The molecule has 0 unspecified atom stereocenters. The van der Waals surface area contributed by atoms with Gasteiger partial charge in [-0.25, -0.2) is 0 Å². The van der Waals surface area contributed by atoms with Crippen molar-refractivity contribution in [2.45, 2.75) is 13.5 Å². The van der Waals surface area contributed by atoms with Gasteiger partial charge in [-0.15, -0.1) is 0 Å². The Morgan fingerprint density at radius 2 is 1.81 bits per heavy atom. The lowest BCUT2D eigenvalue weighted by atomic mass is 10.1. The second kappa shape index (κ2) is 4.84. The van der Waals surface area contributed by atoms with Gasteiger partial charge in [-0.2, -0.15) is 0 Å². The molecule has 0 fully saturated rings. The zero-order valence-electron chi connectivity index (χ0n) is 9.77. The third kappa shape index (κ3) is 2.43. The first-order valence-corrected chi connectivity index (χ1v) is 5.50. The van der Waals surface area contributed by atoms with Crippen molar-refractivity contribution in [2.75, 3.05) is 11.9 Å². The van der Waals surface area contributed by atoms with Crippen molar-refractivity contribution in [3.63, 3.8) is 0 Å². The number of benzene rings is 2. The first-order valence-electron chi connectivity index (χ1n) is 5.50. The molecule has 1 heteroatoms. The first kappa shape index (κ1) is 10.7. The fourth-order valence-corrected chi connectivity index (χ4v) is 1.86. The number of hydrogen-bond donors (Lipinski definition) is 0. The molecule has 0 amide bonds. The zero-order valence-corrected chi connectivity index (χ0v) is 9.77. The molecule has 0 aliphatic carbocycles. The third-order valence-corrected chi connectivity index (χ3v) is 2.68. The average Bonchev–Trinajstić information content (AvgIpc) is 2.31. The van der Waals surface area contributed by atoms with Crippen molar-refractivity contribution in [1.82, 2.24) is 0 Å². The number of anilines is 1. The molecule has 0 bridgehead atoms. The van der Waals surface area contributed by atoms with Crippen LogP contribution in [0.4, 0.5) is 5.69 Å². The smallest absolute Gasteiger partial charge is 0.0476 e. The van der Waals surface area contributed by atoms with Crippen molar-refractivity contribution in [3.05, 3.63) is 65.7 Å². The van der Waals surface area contributed by atoms with E-state index in [1.807, 2.05) is 18.2 Å². The van der Waals surface area contributed by atoms with Crippen LogP contribution in [0, 0.1) is 13.0 Å². The highest BCUT2D eigenvalue weighted by molar-refractivity contribution is 5.51. The summed E-state index contributed by atoms with van der Waals surface area (Å²) < 4.78 is 0. The van der Waals surface area contributed by atoms with Gasteiger partial charge in [-0.3, -0.25) is 0 Å². The second-order valence-electron chi connectivity index (χ2n) is 4.04. The Bertz CT molecular complexity index is 448. The van der Waals surface area contributed by atoms with Crippen LogP contribution in [0.2, 0.25) is 0 Å². The molecule has 16 heavy (non-hydrogen) atoms. The summed E-state index contributed by atoms with van der Waals surface area (Å²) in [6, 6.07) is 19.9. The molecule has 1 radical (unpaired) electrons. The lowest BCUT2D eigenvalue weighted by molar-refractivity contribution is 0.916. The molecule has 2 rings (SSSR count). The van der Waals surface area contributed by atoms with Crippen LogP contribution in [-0.2, 0) is 6.54 Å². The molecule has 1 nitrogen and oxygen atoms in total. The average molecular weight is 210 g/mol. The van der Waals surface area contributed by atoms with Crippen molar-refractivity contribution in [2.24, 2.45) is 0 Å². The molecular weight excluding hydrogens is 194 g/mol. The van der Waals surface area contributed by atoms with Gasteiger partial charge in [0, 0.05) is 25.3 Å². The lowest BCUT2D eigenvalue weighted by Crippen LogP contribution is -2.17. The maximum Gasteiger partial charge on any atom is 0.0476 e. The van der Waals surface area contributed by atoms with Crippen LogP contribution in [0.1, 0.15) is 11.1 Å². The maximum atomic E-state index is 3.28. The fraction of sp³-hybridized carbons (Fsp3) is 0.200. The van der Waals surface area contributed by atoms with E-state index < -0.39 is 0 Å². The summed E-state index contributed by atoms with van der Waals surface area (Å²) in [5, 5.41) is 0. The fourth-order valence-electron chi connectivity index (χ4n) is 1.86. The van der Waals surface area contributed by atoms with Crippen LogP contribution < -0.4 is 4.90 Å². The number of rotatable bonds is 3. The van der Waals surface area contributed by atoms with Gasteiger partial charge in [0.1, 0.15) is 0 Å². The van der Waals surface area contributed by atoms with E-state index >= 15 is 0 Å². The van der Waals surface area contributed by atoms with Gasteiger partial charge in [-0.1, -0.05) is 48.5 Å². The Hall–Kier alpha value is -1.76. The minimum absolute atomic E-state index is 0.919. The van der Waals surface area contributed by atoms with Crippen molar-refractivity contribution < 1.29 is 0 Å². The molecule has 0 spiro atoms. The Kier molecular flexibility index (Phi) is 3.25. The number of aryl methyl sites for hydroxylation is 1. The normalized spacial score (nSPS) is 10.1. The van der Waals surface area contributed by atoms with Gasteiger partial charge in [0.05, 0.1) is 0 Å². The van der Waals surface area contributed by atoms with E-state index in [2.05, 4.69) is 55.3 Å². The summed E-state index contributed by atoms with van der Waals surface area (Å²) >= 11 is 0. The zero-order chi connectivity index (χ0) is 11.4. The van der Waals surface area contributed by atoms with Gasteiger partial charge in [-0.05, 0) is 18.1 Å². The van der Waals surface area contributed by atoms with Crippen LogP contribution in [0.15, 0.2) is 48.5 Å². The van der Waals surface area contributed by atoms with Crippen LogP contribution >= 0.6 is 0 Å². The van der Waals surface area contributed by atoms with E-state index in [4.69, 9.17) is 0 Å².